The summed E-state index contributed by atoms with van der Waals surface area (Å²) in [5.41, 5.74) is 0.0205. The molecule has 2 aliphatic rings. The van der Waals surface area contributed by atoms with Crippen molar-refractivity contribution in [2.24, 2.45) is 5.92 Å². The first-order chi connectivity index (χ1) is 11.9. The lowest BCUT2D eigenvalue weighted by Gasteiger charge is -2.26. The van der Waals surface area contributed by atoms with Crippen molar-refractivity contribution in [3.8, 4) is 11.8 Å². The zero-order valence-corrected chi connectivity index (χ0v) is 14.4. The first kappa shape index (κ1) is 18.9. The van der Waals surface area contributed by atoms with E-state index < -0.39 is 11.9 Å². The average molecular weight is 368 g/mol. The summed E-state index contributed by atoms with van der Waals surface area (Å²) in [5.74, 6) is -0.571. The molecule has 0 spiro atoms. The molecule has 2 aliphatic carbocycles. The number of nitrogens with zero attached hydrogens (tertiary/aromatic N) is 2. The number of carboxylic acids is 2. The van der Waals surface area contributed by atoms with Crippen molar-refractivity contribution in [2.75, 3.05) is 6.61 Å². The quantitative estimate of drug-likeness (QED) is 0.557. The van der Waals surface area contributed by atoms with Gasteiger partial charge in [0.05, 0.1) is 11.7 Å². The Morgan fingerprint density at radius 2 is 1.80 bits per heavy atom. The van der Waals surface area contributed by atoms with Crippen LogP contribution >= 0.6 is 11.7 Å². The number of aromatic nitrogens is 2. The van der Waals surface area contributed by atoms with Crippen LogP contribution in [0.2, 0.25) is 0 Å². The van der Waals surface area contributed by atoms with Gasteiger partial charge in [0, 0.05) is 12.2 Å². The molecule has 0 aliphatic heterocycles. The molecule has 8 nitrogen and oxygen atoms in total. The Bertz CT molecular complexity index is 633. The second-order valence-corrected chi connectivity index (χ2v) is 6.45. The van der Waals surface area contributed by atoms with Crippen LogP contribution in [0.3, 0.4) is 0 Å². The molecule has 0 saturated heterocycles. The van der Waals surface area contributed by atoms with Crippen LogP contribution in [0.4, 0.5) is 0 Å². The molecule has 1 aromatic heterocycles. The third-order valence-corrected chi connectivity index (χ3v) is 4.62. The smallest absolute Gasteiger partial charge is 0.328 e. The molecular weight excluding hydrogens is 348 g/mol. The highest BCUT2D eigenvalue weighted by Crippen LogP contribution is 2.50. The molecule has 0 radical (unpaired) electrons. The van der Waals surface area contributed by atoms with E-state index in [0.29, 0.717) is 30.5 Å². The van der Waals surface area contributed by atoms with E-state index in [1.165, 1.54) is 19.3 Å². The average Bonchev–Trinajstić information content (AvgIpc) is 3.28. The van der Waals surface area contributed by atoms with Gasteiger partial charge in [-0.15, -0.1) is 8.75 Å². The second-order valence-electron chi connectivity index (χ2n) is 5.92. The summed E-state index contributed by atoms with van der Waals surface area (Å²) >= 11 is 1.14. The fourth-order valence-electron chi connectivity index (χ4n) is 3.09. The predicted molar refractivity (Wildman–Crippen MR) is 89.9 cm³/mol. The minimum absolute atomic E-state index is 0.0205. The number of aliphatic carboxylic acids is 2. The van der Waals surface area contributed by atoms with Gasteiger partial charge < -0.3 is 19.7 Å². The van der Waals surface area contributed by atoms with E-state index in [9.17, 15) is 9.59 Å². The summed E-state index contributed by atoms with van der Waals surface area (Å²) in [4.78, 5) is 19.1. The lowest BCUT2D eigenvalue weighted by atomic mass is 9.97. The standard InChI is InChI=1S/C12H16N2O2S.C4H4O4/c1-2-7-15-10-11(14-17-13-10)16-12-5-3-9(8-12)4-6-12;5-3(6)1-2-4(7)8/h2,9H,1,3-8H2;1-2H,(H,5,6)(H,7,8)/b;2-1-. The number of carbonyl (C=O) groups is 2. The van der Waals surface area contributed by atoms with Crippen LogP contribution in [0.1, 0.15) is 32.1 Å². The van der Waals surface area contributed by atoms with E-state index in [4.69, 9.17) is 19.7 Å². The summed E-state index contributed by atoms with van der Waals surface area (Å²) in [6, 6.07) is 0. The van der Waals surface area contributed by atoms with E-state index in [1.807, 2.05) is 0 Å². The molecule has 0 unspecified atom stereocenters. The minimum atomic E-state index is -1.26. The van der Waals surface area contributed by atoms with Crippen LogP contribution in [0.15, 0.2) is 24.8 Å². The zero-order valence-electron chi connectivity index (χ0n) is 13.6. The van der Waals surface area contributed by atoms with E-state index in [0.717, 1.165) is 30.5 Å². The topological polar surface area (TPSA) is 119 Å². The lowest BCUT2D eigenvalue weighted by Crippen LogP contribution is -2.30. The maximum Gasteiger partial charge on any atom is 0.328 e. The minimum Gasteiger partial charge on any atom is -0.478 e. The molecular formula is C16H20N2O6S. The molecule has 0 atom stereocenters. The van der Waals surface area contributed by atoms with E-state index in [1.54, 1.807) is 6.08 Å². The van der Waals surface area contributed by atoms with Crippen molar-refractivity contribution in [3.63, 3.8) is 0 Å². The highest BCUT2D eigenvalue weighted by Gasteiger charge is 2.47. The Labute approximate surface area is 149 Å². The molecule has 3 rings (SSSR count). The van der Waals surface area contributed by atoms with E-state index in [2.05, 4.69) is 15.3 Å². The van der Waals surface area contributed by atoms with Gasteiger partial charge in [0.2, 0.25) is 0 Å². The highest BCUT2D eigenvalue weighted by molar-refractivity contribution is 6.99. The van der Waals surface area contributed by atoms with Crippen molar-refractivity contribution in [3.05, 3.63) is 24.8 Å². The SMILES string of the molecule is C=CCOc1nsnc1OC12CCC(CC1)C2.O=C(O)/C=C\C(=O)O. The highest BCUT2D eigenvalue weighted by atomic mass is 32.1. The molecule has 1 heterocycles. The van der Waals surface area contributed by atoms with Crippen LogP contribution in [-0.2, 0) is 9.59 Å². The molecule has 2 saturated carbocycles. The molecule has 2 N–H and O–H groups in total. The zero-order chi connectivity index (χ0) is 18.3. The van der Waals surface area contributed by atoms with Gasteiger partial charge >= 0.3 is 11.9 Å². The van der Waals surface area contributed by atoms with Crippen LogP contribution in [0, 0.1) is 5.92 Å². The Hall–Kier alpha value is -2.42. The lowest BCUT2D eigenvalue weighted by molar-refractivity contribution is -0.134. The summed E-state index contributed by atoms with van der Waals surface area (Å²) in [5, 5.41) is 15.6. The van der Waals surface area contributed by atoms with Crippen LogP contribution in [0.25, 0.3) is 0 Å². The summed E-state index contributed by atoms with van der Waals surface area (Å²) in [6.45, 7) is 4.06. The third kappa shape index (κ3) is 5.56. The normalized spacial score (nSPS) is 23.8. The molecule has 25 heavy (non-hydrogen) atoms. The number of hydrogen-bond donors (Lipinski definition) is 2. The van der Waals surface area contributed by atoms with Crippen molar-refractivity contribution in [2.45, 2.75) is 37.7 Å². The van der Waals surface area contributed by atoms with Gasteiger partial charge in [0.15, 0.2) is 0 Å². The fraction of sp³-hybridized carbons (Fsp3) is 0.500. The molecule has 0 aromatic carbocycles. The van der Waals surface area contributed by atoms with Gasteiger partial charge in [-0.1, -0.05) is 12.7 Å². The molecule has 0 amide bonds. The van der Waals surface area contributed by atoms with Crippen molar-refractivity contribution in [1.29, 1.82) is 0 Å². The summed E-state index contributed by atoms with van der Waals surface area (Å²) < 4.78 is 19.8. The molecule has 136 valence electrons. The van der Waals surface area contributed by atoms with Gasteiger partial charge in [-0.25, -0.2) is 9.59 Å². The van der Waals surface area contributed by atoms with Crippen LogP contribution < -0.4 is 9.47 Å². The van der Waals surface area contributed by atoms with Gasteiger partial charge in [0.25, 0.3) is 11.8 Å². The van der Waals surface area contributed by atoms with Crippen molar-refractivity contribution < 1.29 is 29.3 Å². The molecule has 1 aromatic rings. The van der Waals surface area contributed by atoms with Crippen LogP contribution in [0.5, 0.6) is 11.8 Å². The van der Waals surface area contributed by atoms with E-state index in [-0.39, 0.29) is 5.60 Å². The second kappa shape index (κ2) is 8.61. The third-order valence-electron chi connectivity index (χ3n) is 4.13. The van der Waals surface area contributed by atoms with Crippen molar-refractivity contribution >= 4 is 23.7 Å². The number of rotatable bonds is 7. The fourth-order valence-corrected chi connectivity index (χ4v) is 3.53. The Morgan fingerprint density at radius 1 is 1.20 bits per heavy atom. The molecule has 9 heteroatoms. The largest absolute Gasteiger partial charge is 0.478 e. The maximum absolute atomic E-state index is 9.55. The summed E-state index contributed by atoms with van der Waals surface area (Å²) in [6.07, 6.45) is 8.87. The molecule has 2 bridgehead atoms. The monoisotopic (exact) mass is 368 g/mol. The first-order valence-corrected chi connectivity index (χ1v) is 8.56. The van der Waals surface area contributed by atoms with Gasteiger partial charge in [-0.3, -0.25) is 0 Å². The van der Waals surface area contributed by atoms with Crippen molar-refractivity contribution in [1.82, 2.24) is 8.75 Å². The Balaban J connectivity index is 0.000000242. The number of fused-ring (bicyclic) bond motifs is 2. The first-order valence-electron chi connectivity index (χ1n) is 7.83. The van der Waals surface area contributed by atoms with Gasteiger partial charge in [0.1, 0.15) is 12.2 Å². The Kier molecular flexibility index (Phi) is 6.51. The number of hydrogen-bond acceptors (Lipinski definition) is 7. The van der Waals surface area contributed by atoms with Gasteiger partial charge in [-0.05, 0) is 38.0 Å². The van der Waals surface area contributed by atoms with E-state index >= 15 is 0 Å². The number of carboxylic acid groups (broad SMARTS) is 2. The summed E-state index contributed by atoms with van der Waals surface area (Å²) in [7, 11) is 0. The van der Waals surface area contributed by atoms with Gasteiger partial charge in [-0.2, -0.15) is 0 Å². The number of ether oxygens (including phenoxy) is 2. The predicted octanol–water partition coefficient (Wildman–Crippen LogP) is 2.53. The molecule has 2 fully saturated rings. The van der Waals surface area contributed by atoms with Crippen LogP contribution in [-0.4, -0.2) is 43.1 Å². The Morgan fingerprint density at radius 3 is 2.28 bits per heavy atom. The maximum atomic E-state index is 9.55.